The van der Waals surface area contributed by atoms with Crippen LogP contribution in [0.15, 0.2) is 66.7 Å². The number of rotatable bonds is 5. The summed E-state index contributed by atoms with van der Waals surface area (Å²) in [7, 11) is 0. The number of carbonyl (C=O) groups excluding carboxylic acids is 1. The van der Waals surface area contributed by atoms with Crippen molar-refractivity contribution in [3.63, 3.8) is 0 Å². The summed E-state index contributed by atoms with van der Waals surface area (Å²) < 4.78 is 5.14. The molecule has 2 rings (SSSR count). The summed E-state index contributed by atoms with van der Waals surface area (Å²) in [6, 6.07) is 19.7. The lowest BCUT2D eigenvalue weighted by Crippen LogP contribution is -2.07. The molecule has 2 nitrogen and oxygen atoms in total. The zero-order valence-electron chi connectivity index (χ0n) is 11.6. The SMILES string of the molecule is CCOC(=O)/C(=C/Cc1ccccc1)c1ccccc1. The summed E-state index contributed by atoms with van der Waals surface area (Å²) in [5, 5.41) is 0. The van der Waals surface area contributed by atoms with Gasteiger partial charge in [0.15, 0.2) is 0 Å². The Morgan fingerprint density at radius 1 is 1.00 bits per heavy atom. The molecule has 20 heavy (non-hydrogen) atoms. The van der Waals surface area contributed by atoms with E-state index in [1.54, 1.807) is 0 Å². The fourth-order valence-corrected chi connectivity index (χ4v) is 1.98. The predicted octanol–water partition coefficient (Wildman–Crippen LogP) is 3.88. The second-order valence-corrected chi connectivity index (χ2v) is 4.39. The quantitative estimate of drug-likeness (QED) is 0.606. The van der Waals surface area contributed by atoms with Gasteiger partial charge in [-0.2, -0.15) is 0 Å². The van der Waals surface area contributed by atoms with Crippen LogP contribution >= 0.6 is 0 Å². The Bertz CT molecular complexity index is 571. The molecule has 0 saturated carbocycles. The Morgan fingerprint density at radius 3 is 2.20 bits per heavy atom. The highest BCUT2D eigenvalue weighted by atomic mass is 16.5. The molecule has 0 spiro atoms. The number of hydrogen-bond acceptors (Lipinski definition) is 2. The number of hydrogen-bond donors (Lipinski definition) is 0. The summed E-state index contributed by atoms with van der Waals surface area (Å²) in [6.07, 6.45) is 2.65. The molecule has 2 heteroatoms. The van der Waals surface area contributed by atoms with Crippen LogP contribution in [0.2, 0.25) is 0 Å². The van der Waals surface area contributed by atoms with Gasteiger partial charge in [-0.25, -0.2) is 4.79 Å². The molecular formula is C18H18O2. The average Bonchev–Trinajstić information content (AvgIpc) is 2.50. The average molecular weight is 266 g/mol. The van der Waals surface area contributed by atoms with Crippen molar-refractivity contribution in [2.24, 2.45) is 0 Å². The van der Waals surface area contributed by atoms with E-state index in [1.165, 1.54) is 5.56 Å². The van der Waals surface area contributed by atoms with Gasteiger partial charge in [-0.1, -0.05) is 66.7 Å². The first-order valence-corrected chi connectivity index (χ1v) is 6.78. The standard InChI is InChI=1S/C18H18O2/c1-2-20-18(19)17(16-11-7-4-8-12-16)14-13-15-9-5-3-6-10-15/h3-12,14H,2,13H2,1H3/b17-14+. The molecule has 0 aliphatic carbocycles. The van der Waals surface area contributed by atoms with Crippen molar-refractivity contribution < 1.29 is 9.53 Å². The topological polar surface area (TPSA) is 26.3 Å². The summed E-state index contributed by atoms with van der Waals surface area (Å²) >= 11 is 0. The molecule has 0 aliphatic heterocycles. The number of ether oxygens (including phenoxy) is 1. The molecule has 0 bridgehead atoms. The zero-order chi connectivity index (χ0) is 14.2. The Kier molecular flexibility index (Phi) is 5.13. The van der Waals surface area contributed by atoms with E-state index in [-0.39, 0.29) is 5.97 Å². The molecule has 0 unspecified atom stereocenters. The molecule has 0 N–H and O–H groups in total. The number of esters is 1. The molecule has 0 aromatic heterocycles. The summed E-state index contributed by atoms with van der Waals surface area (Å²) in [4.78, 5) is 12.1. The Labute approximate surface area is 119 Å². The molecule has 0 saturated heterocycles. The smallest absolute Gasteiger partial charge is 0.338 e. The van der Waals surface area contributed by atoms with Crippen LogP contribution in [-0.4, -0.2) is 12.6 Å². The first-order chi connectivity index (χ1) is 9.81. The minimum Gasteiger partial charge on any atom is -0.462 e. The van der Waals surface area contributed by atoms with Crippen LogP contribution in [0.1, 0.15) is 18.1 Å². The van der Waals surface area contributed by atoms with Crippen LogP contribution in [0.3, 0.4) is 0 Å². The lowest BCUT2D eigenvalue weighted by molar-refractivity contribution is -0.136. The van der Waals surface area contributed by atoms with Gasteiger partial charge < -0.3 is 4.74 Å². The van der Waals surface area contributed by atoms with Crippen molar-refractivity contribution in [2.75, 3.05) is 6.61 Å². The maximum absolute atomic E-state index is 12.1. The highest BCUT2D eigenvalue weighted by Crippen LogP contribution is 2.17. The molecule has 2 aromatic rings. The van der Waals surface area contributed by atoms with Crippen LogP contribution < -0.4 is 0 Å². The van der Waals surface area contributed by atoms with Gasteiger partial charge in [0, 0.05) is 0 Å². The molecule has 0 fully saturated rings. The molecule has 0 aliphatic rings. The van der Waals surface area contributed by atoms with Gasteiger partial charge >= 0.3 is 5.97 Å². The molecule has 0 radical (unpaired) electrons. The normalized spacial score (nSPS) is 11.2. The largest absolute Gasteiger partial charge is 0.462 e. The lowest BCUT2D eigenvalue weighted by atomic mass is 10.0. The monoisotopic (exact) mass is 266 g/mol. The maximum Gasteiger partial charge on any atom is 0.338 e. The van der Waals surface area contributed by atoms with Gasteiger partial charge in [0.2, 0.25) is 0 Å². The number of allylic oxidation sites excluding steroid dienone is 1. The third-order valence-corrected chi connectivity index (χ3v) is 2.96. The zero-order valence-corrected chi connectivity index (χ0v) is 11.6. The van der Waals surface area contributed by atoms with Crippen molar-refractivity contribution in [1.82, 2.24) is 0 Å². The Balaban J connectivity index is 2.25. The van der Waals surface area contributed by atoms with Crippen molar-refractivity contribution in [1.29, 1.82) is 0 Å². The van der Waals surface area contributed by atoms with E-state index < -0.39 is 0 Å². The van der Waals surface area contributed by atoms with Crippen LogP contribution in [-0.2, 0) is 16.0 Å². The molecule has 0 heterocycles. The van der Waals surface area contributed by atoms with Crippen LogP contribution in [0.4, 0.5) is 0 Å². The minimum absolute atomic E-state index is 0.269. The fraction of sp³-hybridized carbons (Fsp3) is 0.167. The van der Waals surface area contributed by atoms with E-state index in [9.17, 15) is 4.79 Å². The van der Waals surface area contributed by atoms with Crippen molar-refractivity contribution in [3.8, 4) is 0 Å². The van der Waals surface area contributed by atoms with Gasteiger partial charge in [-0.15, -0.1) is 0 Å². The van der Waals surface area contributed by atoms with Crippen molar-refractivity contribution >= 4 is 11.5 Å². The third kappa shape index (κ3) is 3.82. The number of benzene rings is 2. The lowest BCUT2D eigenvalue weighted by Gasteiger charge is -2.07. The first kappa shape index (κ1) is 14.1. The van der Waals surface area contributed by atoms with E-state index in [0.29, 0.717) is 18.6 Å². The Morgan fingerprint density at radius 2 is 1.60 bits per heavy atom. The van der Waals surface area contributed by atoms with Gasteiger partial charge in [-0.05, 0) is 24.5 Å². The molecule has 2 aromatic carbocycles. The minimum atomic E-state index is -0.269. The van der Waals surface area contributed by atoms with E-state index in [0.717, 1.165) is 5.56 Å². The highest BCUT2D eigenvalue weighted by Gasteiger charge is 2.12. The van der Waals surface area contributed by atoms with Crippen LogP contribution in [0.5, 0.6) is 0 Å². The van der Waals surface area contributed by atoms with E-state index in [1.807, 2.05) is 73.7 Å². The molecule has 0 atom stereocenters. The van der Waals surface area contributed by atoms with Gasteiger partial charge in [-0.3, -0.25) is 0 Å². The van der Waals surface area contributed by atoms with Crippen molar-refractivity contribution in [2.45, 2.75) is 13.3 Å². The van der Waals surface area contributed by atoms with Crippen LogP contribution in [0, 0.1) is 0 Å². The van der Waals surface area contributed by atoms with Gasteiger partial charge in [0.05, 0.1) is 12.2 Å². The summed E-state index contributed by atoms with van der Waals surface area (Å²) in [5.41, 5.74) is 2.68. The Hall–Kier alpha value is -2.35. The van der Waals surface area contributed by atoms with Gasteiger partial charge in [0.1, 0.15) is 0 Å². The summed E-state index contributed by atoms with van der Waals surface area (Å²) in [5.74, 6) is -0.269. The number of carbonyl (C=O) groups is 1. The maximum atomic E-state index is 12.1. The second kappa shape index (κ2) is 7.29. The molecule has 0 amide bonds. The molecular weight excluding hydrogens is 248 g/mol. The second-order valence-electron chi connectivity index (χ2n) is 4.39. The fourth-order valence-electron chi connectivity index (χ4n) is 1.98. The summed E-state index contributed by atoms with van der Waals surface area (Å²) in [6.45, 7) is 2.20. The van der Waals surface area contributed by atoms with E-state index >= 15 is 0 Å². The van der Waals surface area contributed by atoms with E-state index in [2.05, 4.69) is 0 Å². The first-order valence-electron chi connectivity index (χ1n) is 6.78. The predicted molar refractivity (Wildman–Crippen MR) is 81.2 cm³/mol. The van der Waals surface area contributed by atoms with Gasteiger partial charge in [0.25, 0.3) is 0 Å². The van der Waals surface area contributed by atoms with Crippen LogP contribution in [0.25, 0.3) is 5.57 Å². The third-order valence-electron chi connectivity index (χ3n) is 2.96. The van der Waals surface area contributed by atoms with Crippen molar-refractivity contribution in [3.05, 3.63) is 77.9 Å². The van der Waals surface area contributed by atoms with E-state index in [4.69, 9.17) is 4.74 Å². The highest BCUT2D eigenvalue weighted by molar-refractivity contribution is 6.16. The molecule has 102 valence electrons.